The number of hydrogen-bond donors (Lipinski definition) is 1. The maximum absolute atomic E-state index is 10.6. The van der Waals surface area contributed by atoms with Gasteiger partial charge < -0.3 is 9.84 Å². The molecular weight excluding hydrogens is 144 g/mol. The van der Waals surface area contributed by atoms with Gasteiger partial charge in [-0.3, -0.25) is 4.79 Å². The molecule has 0 spiro atoms. The molecule has 0 unspecified atom stereocenters. The lowest BCUT2D eigenvalue weighted by molar-refractivity contribution is -0.145. The quantitative estimate of drug-likeness (QED) is 0.673. The van der Waals surface area contributed by atoms with Crippen LogP contribution < -0.4 is 0 Å². The summed E-state index contributed by atoms with van der Waals surface area (Å²) in [5, 5.41) is 8.73. The first-order valence-corrected chi connectivity index (χ1v) is 4.10. The Morgan fingerprint density at radius 1 is 1.64 bits per heavy atom. The molecule has 11 heavy (non-hydrogen) atoms. The fourth-order valence-electron chi connectivity index (χ4n) is 1.62. The molecule has 1 saturated carbocycles. The summed E-state index contributed by atoms with van der Waals surface area (Å²) in [6, 6.07) is 0. The van der Waals surface area contributed by atoms with Crippen molar-refractivity contribution in [1.82, 2.24) is 0 Å². The molecule has 0 heterocycles. The van der Waals surface area contributed by atoms with E-state index in [1.807, 2.05) is 6.92 Å². The average Bonchev–Trinajstić information content (AvgIpc) is 2.36. The second-order valence-electron chi connectivity index (χ2n) is 2.87. The molecule has 0 aromatic heterocycles. The first-order chi connectivity index (χ1) is 5.25. The van der Waals surface area contributed by atoms with Gasteiger partial charge in [0.25, 0.3) is 0 Å². The third-order valence-electron chi connectivity index (χ3n) is 2.15. The lowest BCUT2D eigenvalue weighted by Crippen LogP contribution is -2.25. The van der Waals surface area contributed by atoms with Crippen molar-refractivity contribution in [3.8, 4) is 0 Å². The predicted molar refractivity (Wildman–Crippen MR) is 40.4 cm³/mol. The third-order valence-corrected chi connectivity index (χ3v) is 2.15. The normalized spacial score (nSPS) is 30.6. The van der Waals surface area contributed by atoms with Gasteiger partial charge in [-0.15, -0.1) is 0 Å². The van der Waals surface area contributed by atoms with Gasteiger partial charge in [-0.25, -0.2) is 0 Å². The highest BCUT2D eigenvalue weighted by Crippen LogP contribution is 2.28. The zero-order valence-electron chi connectivity index (χ0n) is 6.75. The van der Waals surface area contributed by atoms with Crippen LogP contribution in [0.1, 0.15) is 26.2 Å². The van der Waals surface area contributed by atoms with Crippen molar-refractivity contribution in [3.63, 3.8) is 0 Å². The molecule has 0 radical (unpaired) electrons. The monoisotopic (exact) mass is 158 g/mol. The SMILES string of the molecule is CCO[C@@H]1CCC[C@H]1C(=O)O. The van der Waals surface area contributed by atoms with Crippen LogP contribution in [0, 0.1) is 5.92 Å². The Kier molecular flexibility index (Phi) is 2.88. The van der Waals surface area contributed by atoms with E-state index in [0.717, 1.165) is 19.3 Å². The molecule has 1 N–H and O–H groups in total. The topological polar surface area (TPSA) is 46.5 Å². The molecule has 0 amide bonds. The van der Waals surface area contributed by atoms with Gasteiger partial charge in [0.15, 0.2) is 0 Å². The fourth-order valence-corrected chi connectivity index (χ4v) is 1.62. The van der Waals surface area contributed by atoms with E-state index < -0.39 is 5.97 Å². The van der Waals surface area contributed by atoms with Crippen molar-refractivity contribution >= 4 is 5.97 Å². The molecule has 0 saturated heterocycles. The van der Waals surface area contributed by atoms with E-state index in [-0.39, 0.29) is 12.0 Å². The summed E-state index contributed by atoms with van der Waals surface area (Å²) in [5.41, 5.74) is 0. The van der Waals surface area contributed by atoms with E-state index in [9.17, 15) is 4.79 Å². The number of carbonyl (C=O) groups is 1. The van der Waals surface area contributed by atoms with Crippen molar-refractivity contribution in [2.75, 3.05) is 6.61 Å². The Bertz CT molecular complexity index is 144. The number of hydrogen-bond acceptors (Lipinski definition) is 2. The molecule has 0 aromatic carbocycles. The summed E-state index contributed by atoms with van der Waals surface area (Å²) in [6.45, 7) is 2.52. The smallest absolute Gasteiger partial charge is 0.309 e. The van der Waals surface area contributed by atoms with Crippen LogP contribution in [0.4, 0.5) is 0 Å². The van der Waals surface area contributed by atoms with Gasteiger partial charge in [0, 0.05) is 6.61 Å². The minimum Gasteiger partial charge on any atom is -0.481 e. The zero-order chi connectivity index (χ0) is 8.27. The molecule has 0 aromatic rings. The molecular formula is C8H14O3. The Labute approximate surface area is 66.4 Å². The molecule has 1 rings (SSSR count). The van der Waals surface area contributed by atoms with E-state index >= 15 is 0 Å². The highest BCUT2D eigenvalue weighted by Gasteiger charge is 2.33. The summed E-state index contributed by atoms with van der Waals surface area (Å²) < 4.78 is 5.30. The van der Waals surface area contributed by atoms with Gasteiger partial charge in [-0.05, 0) is 26.2 Å². The zero-order valence-corrected chi connectivity index (χ0v) is 6.75. The van der Waals surface area contributed by atoms with Crippen LogP contribution >= 0.6 is 0 Å². The summed E-state index contributed by atoms with van der Waals surface area (Å²) in [7, 11) is 0. The van der Waals surface area contributed by atoms with E-state index in [2.05, 4.69) is 0 Å². The molecule has 3 nitrogen and oxygen atoms in total. The second kappa shape index (κ2) is 3.72. The summed E-state index contributed by atoms with van der Waals surface area (Å²) >= 11 is 0. The minimum atomic E-state index is -0.707. The maximum Gasteiger partial charge on any atom is 0.309 e. The highest BCUT2D eigenvalue weighted by atomic mass is 16.5. The van der Waals surface area contributed by atoms with Gasteiger partial charge >= 0.3 is 5.97 Å². The summed E-state index contributed by atoms with van der Waals surface area (Å²) in [5.74, 6) is -0.962. The Morgan fingerprint density at radius 2 is 2.36 bits per heavy atom. The van der Waals surface area contributed by atoms with Crippen molar-refractivity contribution in [3.05, 3.63) is 0 Å². The number of ether oxygens (including phenoxy) is 1. The number of carboxylic acids is 1. The first-order valence-electron chi connectivity index (χ1n) is 4.10. The third kappa shape index (κ3) is 1.93. The Balaban J connectivity index is 2.44. The van der Waals surface area contributed by atoms with Gasteiger partial charge in [0.1, 0.15) is 0 Å². The highest BCUT2D eigenvalue weighted by molar-refractivity contribution is 5.71. The lowest BCUT2D eigenvalue weighted by atomic mass is 10.1. The molecule has 0 bridgehead atoms. The lowest BCUT2D eigenvalue weighted by Gasteiger charge is -2.14. The molecule has 1 aliphatic carbocycles. The molecule has 0 aliphatic heterocycles. The minimum absolute atomic E-state index is 0.0301. The van der Waals surface area contributed by atoms with Crippen LogP contribution in [0.2, 0.25) is 0 Å². The second-order valence-corrected chi connectivity index (χ2v) is 2.87. The molecule has 2 atom stereocenters. The molecule has 3 heteroatoms. The summed E-state index contributed by atoms with van der Waals surface area (Å²) in [6.07, 6.45) is 2.64. The van der Waals surface area contributed by atoms with Crippen LogP contribution in [-0.4, -0.2) is 23.8 Å². The Morgan fingerprint density at radius 3 is 2.91 bits per heavy atom. The average molecular weight is 158 g/mol. The molecule has 1 fully saturated rings. The molecule has 64 valence electrons. The first kappa shape index (κ1) is 8.53. The van der Waals surface area contributed by atoms with Crippen LogP contribution in [-0.2, 0) is 9.53 Å². The van der Waals surface area contributed by atoms with Gasteiger partial charge in [-0.2, -0.15) is 0 Å². The van der Waals surface area contributed by atoms with Gasteiger partial charge in [0.05, 0.1) is 12.0 Å². The van der Waals surface area contributed by atoms with E-state index in [1.54, 1.807) is 0 Å². The summed E-state index contributed by atoms with van der Waals surface area (Å²) in [4.78, 5) is 10.6. The van der Waals surface area contributed by atoms with Crippen molar-refractivity contribution in [2.45, 2.75) is 32.3 Å². The van der Waals surface area contributed by atoms with E-state index in [1.165, 1.54) is 0 Å². The Hall–Kier alpha value is -0.570. The van der Waals surface area contributed by atoms with Crippen LogP contribution in [0.3, 0.4) is 0 Å². The van der Waals surface area contributed by atoms with Crippen LogP contribution in [0.25, 0.3) is 0 Å². The number of aliphatic carboxylic acids is 1. The maximum atomic E-state index is 10.6. The van der Waals surface area contributed by atoms with E-state index in [0.29, 0.717) is 6.61 Å². The number of carboxylic acid groups (broad SMARTS) is 1. The standard InChI is InChI=1S/C8H14O3/c1-2-11-7-5-3-4-6(7)8(9)10/h6-7H,2-5H2,1H3,(H,9,10)/t6-,7-/m1/s1. The van der Waals surface area contributed by atoms with Crippen LogP contribution in [0.15, 0.2) is 0 Å². The largest absolute Gasteiger partial charge is 0.481 e. The predicted octanol–water partition coefficient (Wildman–Crippen LogP) is 1.28. The van der Waals surface area contributed by atoms with Crippen LogP contribution in [0.5, 0.6) is 0 Å². The van der Waals surface area contributed by atoms with E-state index in [4.69, 9.17) is 9.84 Å². The van der Waals surface area contributed by atoms with Crippen molar-refractivity contribution in [1.29, 1.82) is 0 Å². The molecule has 1 aliphatic rings. The van der Waals surface area contributed by atoms with Gasteiger partial charge in [0.2, 0.25) is 0 Å². The van der Waals surface area contributed by atoms with Gasteiger partial charge in [-0.1, -0.05) is 0 Å². The number of rotatable bonds is 3. The fraction of sp³-hybridized carbons (Fsp3) is 0.875. The van der Waals surface area contributed by atoms with Crippen molar-refractivity contribution < 1.29 is 14.6 Å². The van der Waals surface area contributed by atoms with Crippen molar-refractivity contribution in [2.24, 2.45) is 5.92 Å².